The van der Waals surface area contributed by atoms with Gasteiger partial charge in [0.2, 0.25) is 5.91 Å². The number of aromatic nitrogens is 1. The molecule has 2 aromatic rings. The second-order valence-corrected chi connectivity index (χ2v) is 9.00. The Morgan fingerprint density at radius 3 is 2.57 bits per heavy atom. The average molecular weight is 482 g/mol. The van der Waals surface area contributed by atoms with Crippen molar-refractivity contribution in [1.29, 1.82) is 0 Å². The first-order chi connectivity index (χ1) is 16.8. The number of pyridine rings is 1. The second kappa shape index (κ2) is 10.3. The fourth-order valence-electron chi connectivity index (χ4n) is 5.03. The largest absolute Gasteiger partial charge is 0.496 e. The van der Waals surface area contributed by atoms with Crippen LogP contribution in [0.5, 0.6) is 5.75 Å². The zero-order valence-corrected chi connectivity index (χ0v) is 20.4. The standard InChI is InChI=1S/C26H31N3O6/c1-17-6-4-7-18(14-17)15-22(30)27-11-9-19-24(21(34-2)16-23(31)28(19)13-12-27)25(32)29-10-5-8-20(29)26(33)35-3/h4,6-7,14,16,20H,5,8-13,15H2,1-3H3/t20-/m0/s1. The minimum atomic E-state index is -0.664. The highest BCUT2D eigenvalue weighted by Gasteiger charge is 2.38. The molecule has 9 heteroatoms. The highest BCUT2D eigenvalue weighted by Crippen LogP contribution is 2.28. The molecule has 0 aliphatic carbocycles. The summed E-state index contributed by atoms with van der Waals surface area (Å²) in [7, 11) is 2.72. The van der Waals surface area contributed by atoms with Crippen LogP contribution in [0.25, 0.3) is 0 Å². The van der Waals surface area contributed by atoms with Gasteiger partial charge in [-0.05, 0) is 25.3 Å². The van der Waals surface area contributed by atoms with Crippen molar-refractivity contribution in [3.63, 3.8) is 0 Å². The molecule has 3 heterocycles. The minimum Gasteiger partial charge on any atom is -0.496 e. The SMILES string of the molecule is COC(=O)[C@@H]1CCCN1C(=O)c1c(OC)cc(=O)n2c1CCN(C(=O)Cc1cccc(C)c1)CC2. The molecule has 1 aromatic carbocycles. The number of ether oxygens (including phenoxy) is 2. The first-order valence-electron chi connectivity index (χ1n) is 11.9. The van der Waals surface area contributed by atoms with E-state index in [0.717, 1.165) is 11.1 Å². The molecule has 9 nitrogen and oxygen atoms in total. The number of rotatable bonds is 5. The van der Waals surface area contributed by atoms with E-state index in [9.17, 15) is 19.2 Å². The first kappa shape index (κ1) is 24.5. The third-order valence-electron chi connectivity index (χ3n) is 6.80. The Bertz CT molecular complexity index is 1200. The Hall–Kier alpha value is -3.62. The van der Waals surface area contributed by atoms with Gasteiger partial charge in [-0.3, -0.25) is 14.4 Å². The topological polar surface area (TPSA) is 98.2 Å². The predicted octanol–water partition coefficient (Wildman–Crippen LogP) is 1.57. The van der Waals surface area contributed by atoms with Crippen molar-refractivity contribution in [2.75, 3.05) is 33.9 Å². The number of carbonyl (C=O) groups is 3. The maximum absolute atomic E-state index is 13.7. The molecule has 2 aliphatic heterocycles. The van der Waals surface area contributed by atoms with Gasteiger partial charge < -0.3 is 23.8 Å². The third-order valence-corrected chi connectivity index (χ3v) is 6.80. The molecular weight excluding hydrogens is 450 g/mol. The summed E-state index contributed by atoms with van der Waals surface area (Å²) in [5.41, 5.74) is 2.55. The van der Waals surface area contributed by atoms with Crippen LogP contribution >= 0.6 is 0 Å². The Morgan fingerprint density at radius 2 is 1.86 bits per heavy atom. The Morgan fingerprint density at radius 1 is 1.06 bits per heavy atom. The summed E-state index contributed by atoms with van der Waals surface area (Å²) in [5, 5.41) is 0. The highest BCUT2D eigenvalue weighted by molar-refractivity contribution is 6.00. The number of amides is 2. The van der Waals surface area contributed by atoms with Crippen molar-refractivity contribution in [3.05, 3.63) is 63.1 Å². The summed E-state index contributed by atoms with van der Waals surface area (Å²) in [6.45, 7) is 3.42. The van der Waals surface area contributed by atoms with E-state index in [4.69, 9.17) is 9.47 Å². The lowest BCUT2D eigenvalue weighted by Gasteiger charge is -2.25. The Labute approximate surface area is 204 Å². The van der Waals surface area contributed by atoms with Crippen LogP contribution in [0, 0.1) is 6.92 Å². The van der Waals surface area contributed by atoms with Crippen LogP contribution < -0.4 is 10.3 Å². The van der Waals surface area contributed by atoms with Crippen LogP contribution in [-0.2, 0) is 33.7 Å². The monoisotopic (exact) mass is 481 g/mol. The number of benzene rings is 1. The van der Waals surface area contributed by atoms with Crippen LogP contribution in [-0.4, -0.2) is 72.0 Å². The molecule has 0 N–H and O–H groups in total. The molecule has 2 aliphatic rings. The fourth-order valence-corrected chi connectivity index (χ4v) is 5.03. The van der Waals surface area contributed by atoms with E-state index in [-0.39, 0.29) is 41.7 Å². The number of esters is 1. The van der Waals surface area contributed by atoms with Gasteiger partial charge >= 0.3 is 5.97 Å². The molecule has 0 bridgehead atoms. The van der Waals surface area contributed by atoms with E-state index in [1.54, 1.807) is 9.47 Å². The number of aryl methyl sites for hydroxylation is 1. The number of carbonyl (C=O) groups excluding carboxylic acids is 3. The summed E-state index contributed by atoms with van der Waals surface area (Å²) in [6.07, 6.45) is 1.81. The Balaban J connectivity index is 1.62. The zero-order valence-electron chi connectivity index (χ0n) is 20.4. The molecule has 0 spiro atoms. The quantitative estimate of drug-likeness (QED) is 0.602. The first-order valence-corrected chi connectivity index (χ1v) is 11.9. The molecule has 186 valence electrons. The van der Waals surface area contributed by atoms with Crippen molar-refractivity contribution in [1.82, 2.24) is 14.4 Å². The predicted molar refractivity (Wildman–Crippen MR) is 128 cm³/mol. The van der Waals surface area contributed by atoms with Crippen molar-refractivity contribution in [2.45, 2.75) is 45.2 Å². The van der Waals surface area contributed by atoms with Crippen molar-refractivity contribution in [2.24, 2.45) is 0 Å². The smallest absolute Gasteiger partial charge is 0.328 e. The summed E-state index contributed by atoms with van der Waals surface area (Å²) >= 11 is 0. The second-order valence-electron chi connectivity index (χ2n) is 9.00. The maximum atomic E-state index is 13.7. The number of methoxy groups -OCH3 is 2. The van der Waals surface area contributed by atoms with Gasteiger partial charge in [-0.1, -0.05) is 29.8 Å². The average Bonchev–Trinajstić information content (AvgIpc) is 3.23. The molecule has 4 rings (SSSR count). The molecule has 0 saturated carbocycles. The summed E-state index contributed by atoms with van der Waals surface area (Å²) in [6, 6.07) is 8.48. The van der Waals surface area contributed by atoms with Crippen LogP contribution in [0.4, 0.5) is 0 Å². The van der Waals surface area contributed by atoms with Gasteiger partial charge in [-0.25, -0.2) is 4.79 Å². The van der Waals surface area contributed by atoms with Gasteiger partial charge in [-0.15, -0.1) is 0 Å². The van der Waals surface area contributed by atoms with Crippen molar-refractivity contribution < 1.29 is 23.9 Å². The van der Waals surface area contributed by atoms with Crippen LogP contribution in [0.2, 0.25) is 0 Å². The van der Waals surface area contributed by atoms with E-state index in [1.807, 2.05) is 31.2 Å². The molecule has 2 amide bonds. The van der Waals surface area contributed by atoms with Gasteiger partial charge in [0.15, 0.2) is 0 Å². The number of hydrogen-bond donors (Lipinski definition) is 0. The molecule has 1 aromatic heterocycles. The molecule has 1 saturated heterocycles. The van der Waals surface area contributed by atoms with Crippen LogP contribution in [0.1, 0.15) is 40.0 Å². The van der Waals surface area contributed by atoms with Gasteiger partial charge in [0.1, 0.15) is 17.4 Å². The summed E-state index contributed by atoms with van der Waals surface area (Å²) in [5.74, 6) is -0.664. The Kier molecular flexibility index (Phi) is 7.23. The van der Waals surface area contributed by atoms with Gasteiger partial charge in [-0.2, -0.15) is 0 Å². The van der Waals surface area contributed by atoms with E-state index in [1.165, 1.54) is 25.2 Å². The lowest BCUT2D eigenvalue weighted by Crippen LogP contribution is -2.42. The van der Waals surface area contributed by atoms with Gasteiger partial charge in [0.05, 0.1) is 20.6 Å². The third kappa shape index (κ3) is 4.94. The summed E-state index contributed by atoms with van der Waals surface area (Å²) < 4.78 is 11.9. The highest BCUT2D eigenvalue weighted by atomic mass is 16.5. The molecular formula is C26H31N3O6. The lowest BCUT2D eigenvalue weighted by atomic mass is 10.1. The zero-order chi connectivity index (χ0) is 25.1. The number of hydrogen-bond acceptors (Lipinski definition) is 6. The number of nitrogens with zero attached hydrogens (tertiary/aromatic N) is 3. The minimum absolute atomic E-state index is 0.0263. The van der Waals surface area contributed by atoms with E-state index in [0.29, 0.717) is 44.6 Å². The van der Waals surface area contributed by atoms with Crippen molar-refractivity contribution in [3.8, 4) is 5.75 Å². The van der Waals surface area contributed by atoms with Gasteiger partial charge in [0, 0.05) is 44.4 Å². The number of likely N-dealkylation sites (tertiary alicyclic amines) is 1. The van der Waals surface area contributed by atoms with E-state index >= 15 is 0 Å². The van der Waals surface area contributed by atoms with Crippen LogP contribution in [0.3, 0.4) is 0 Å². The van der Waals surface area contributed by atoms with Crippen molar-refractivity contribution >= 4 is 17.8 Å². The lowest BCUT2D eigenvalue weighted by molar-refractivity contribution is -0.145. The molecule has 1 atom stereocenters. The maximum Gasteiger partial charge on any atom is 0.328 e. The summed E-state index contributed by atoms with van der Waals surface area (Å²) in [4.78, 5) is 55.1. The van der Waals surface area contributed by atoms with E-state index < -0.39 is 12.0 Å². The number of fused-ring (bicyclic) bond motifs is 1. The van der Waals surface area contributed by atoms with Gasteiger partial charge in [0.25, 0.3) is 11.5 Å². The normalized spacial score (nSPS) is 17.5. The molecule has 1 fully saturated rings. The molecule has 0 radical (unpaired) electrons. The van der Waals surface area contributed by atoms with Crippen LogP contribution in [0.15, 0.2) is 35.1 Å². The fraction of sp³-hybridized carbons (Fsp3) is 0.462. The van der Waals surface area contributed by atoms with E-state index in [2.05, 4.69) is 0 Å². The molecule has 35 heavy (non-hydrogen) atoms. The molecule has 0 unspecified atom stereocenters.